The zero-order valence-corrected chi connectivity index (χ0v) is 18.6. The van der Waals surface area contributed by atoms with Gasteiger partial charge in [0.2, 0.25) is 6.10 Å². The zero-order valence-electron chi connectivity index (χ0n) is 18.6. The second-order valence-electron chi connectivity index (χ2n) is 8.31. The van der Waals surface area contributed by atoms with Gasteiger partial charge in [-0.1, -0.05) is 42.5 Å². The lowest BCUT2D eigenvalue weighted by Gasteiger charge is -2.35. The minimum absolute atomic E-state index is 0.297. The molecule has 5 rings (SSSR count). The zero-order chi connectivity index (χ0) is 22.6. The Morgan fingerprint density at radius 1 is 0.970 bits per heavy atom. The molecule has 0 spiro atoms. The van der Waals surface area contributed by atoms with Gasteiger partial charge in [-0.05, 0) is 24.6 Å². The van der Waals surface area contributed by atoms with Crippen molar-refractivity contribution in [2.24, 2.45) is 0 Å². The summed E-state index contributed by atoms with van der Waals surface area (Å²) in [5, 5.41) is 2.86. The van der Waals surface area contributed by atoms with Crippen molar-refractivity contribution in [3.8, 4) is 11.5 Å². The van der Waals surface area contributed by atoms with Gasteiger partial charge in [-0.3, -0.25) is 9.69 Å². The molecule has 3 heterocycles. The van der Waals surface area contributed by atoms with E-state index in [4.69, 9.17) is 9.47 Å². The van der Waals surface area contributed by atoms with Crippen molar-refractivity contribution in [2.75, 3.05) is 36.4 Å². The molecular weight excluding hydrogens is 418 g/mol. The number of nitrogens with one attached hydrogen (secondary N) is 1. The van der Waals surface area contributed by atoms with E-state index in [1.165, 1.54) is 11.9 Å². The predicted octanol–water partition coefficient (Wildman–Crippen LogP) is 2.97. The van der Waals surface area contributed by atoms with E-state index < -0.39 is 12.2 Å². The fraction of sp³-hybridized carbons (Fsp3) is 0.320. The molecule has 1 N–H and O–H groups in total. The number of ether oxygens (including phenoxy) is 2. The van der Waals surface area contributed by atoms with Crippen LogP contribution in [0.3, 0.4) is 0 Å². The van der Waals surface area contributed by atoms with E-state index in [-0.39, 0.29) is 5.91 Å². The number of rotatable bonds is 5. The highest BCUT2D eigenvalue weighted by Gasteiger charge is 2.34. The number of aromatic nitrogens is 2. The van der Waals surface area contributed by atoms with Gasteiger partial charge in [0.05, 0.1) is 0 Å². The van der Waals surface area contributed by atoms with Crippen LogP contribution in [0.1, 0.15) is 12.5 Å². The summed E-state index contributed by atoms with van der Waals surface area (Å²) in [7, 11) is 0. The van der Waals surface area contributed by atoms with Gasteiger partial charge in [0, 0.05) is 38.8 Å². The van der Waals surface area contributed by atoms with Crippen molar-refractivity contribution >= 4 is 17.5 Å². The smallest absolute Gasteiger partial charge is 0.270 e. The number of anilines is 2. The highest BCUT2D eigenvalue weighted by molar-refractivity contribution is 5.94. The molecule has 2 aliphatic heterocycles. The Morgan fingerprint density at radius 2 is 1.67 bits per heavy atom. The van der Waals surface area contributed by atoms with E-state index in [0.29, 0.717) is 17.3 Å². The molecule has 8 heteroatoms. The molecule has 0 saturated carbocycles. The molecule has 2 aromatic carbocycles. The first-order valence-corrected chi connectivity index (χ1v) is 11.2. The third kappa shape index (κ3) is 4.90. The molecule has 33 heavy (non-hydrogen) atoms. The second kappa shape index (κ2) is 9.46. The molecule has 1 amide bonds. The monoisotopic (exact) mass is 445 g/mol. The number of hydrogen-bond donors (Lipinski definition) is 1. The Labute approximate surface area is 193 Å². The summed E-state index contributed by atoms with van der Waals surface area (Å²) in [6.07, 6.45) is 0.303. The largest absolute Gasteiger partial charge is 0.482 e. The van der Waals surface area contributed by atoms with Crippen LogP contribution in [-0.4, -0.2) is 59.2 Å². The van der Waals surface area contributed by atoms with Crippen molar-refractivity contribution in [1.29, 1.82) is 0 Å². The van der Waals surface area contributed by atoms with E-state index in [0.717, 1.165) is 38.5 Å². The van der Waals surface area contributed by atoms with Gasteiger partial charge >= 0.3 is 0 Å². The molecule has 8 nitrogen and oxygen atoms in total. The van der Waals surface area contributed by atoms with Gasteiger partial charge < -0.3 is 19.7 Å². The van der Waals surface area contributed by atoms with Crippen LogP contribution in [0.15, 0.2) is 67.0 Å². The Balaban J connectivity index is 1.19. The predicted molar refractivity (Wildman–Crippen MR) is 126 cm³/mol. The summed E-state index contributed by atoms with van der Waals surface area (Å²) in [5.74, 6) is 2.16. The standard InChI is InChI=1S/C25H27N5O3/c1-18-24(33-21-10-6-5-9-20(21)32-18)25(31)28-22-15-23(27-17-26-22)30-13-11-29(12-14-30)16-19-7-3-2-4-8-19/h2-10,15,17-18,24H,11-14,16H2,1H3,(H,26,27,28,31). The van der Waals surface area contributed by atoms with E-state index in [1.54, 1.807) is 6.07 Å². The van der Waals surface area contributed by atoms with Crippen LogP contribution >= 0.6 is 0 Å². The summed E-state index contributed by atoms with van der Waals surface area (Å²) < 4.78 is 11.7. The van der Waals surface area contributed by atoms with Crippen LogP contribution < -0.4 is 19.7 Å². The third-order valence-corrected chi connectivity index (χ3v) is 5.95. The van der Waals surface area contributed by atoms with Crippen LogP contribution in [0.2, 0.25) is 0 Å². The van der Waals surface area contributed by atoms with Gasteiger partial charge in [0.1, 0.15) is 24.1 Å². The van der Waals surface area contributed by atoms with E-state index in [1.807, 2.05) is 37.3 Å². The van der Waals surface area contributed by atoms with Gasteiger partial charge in [-0.2, -0.15) is 0 Å². The first-order chi connectivity index (χ1) is 16.2. The number of para-hydroxylation sites is 2. The van der Waals surface area contributed by atoms with Crippen LogP contribution in [0, 0.1) is 0 Å². The van der Waals surface area contributed by atoms with Crippen molar-refractivity contribution < 1.29 is 14.3 Å². The third-order valence-electron chi connectivity index (χ3n) is 5.95. The molecule has 1 saturated heterocycles. The average molecular weight is 446 g/mol. The Hall–Kier alpha value is -3.65. The molecule has 3 aromatic rings. The van der Waals surface area contributed by atoms with E-state index >= 15 is 0 Å². The number of hydrogen-bond acceptors (Lipinski definition) is 7. The first kappa shape index (κ1) is 21.2. The maximum atomic E-state index is 12.9. The number of nitrogens with zero attached hydrogens (tertiary/aromatic N) is 4. The Bertz CT molecular complexity index is 1100. The lowest BCUT2D eigenvalue weighted by Crippen LogP contribution is -2.47. The number of carbonyl (C=O) groups excluding carboxylic acids is 1. The number of piperazine rings is 1. The van der Waals surface area contributed by atoms with Gasteiger partial charge in [0.15, 0.2) is 11.5 Å². The van der Waals surface area contributed by atoms with Crippen molar-refractivity contribution in [3.63, 3.8) is 0 Å². The molecule has 0 bridgehead atoms. The van der Waals surface area contributed by atoms with Crippen LogP contribution in [0.25, 0.3) is 0 Å². The van der Waals surface area contributed by atoms with Crippen molar-refractivity contribution in [3.05, 3.63) is 72.6 Å². The maximum Gasteiger partial charge on any atom is 0.270 e. The normalized spacial score (nSPS) is 20.3. The number of benzene rings is 2. The van der Waals surface area contributed by atoms with Crippen LogP contribution in [-0.2, 0) is 11.3 Å². The van der Waals surface area contributed by atoms with Crippen molar-refractivity contribution in [1.82, 2.24) is 14.9 Å². The van der Waals surface area contributed by atoms with Gasteiger partial charge in [-0.25, -0.2) is 9.97 Å². The van der Waals surface area contributed by atoms with E-state index in [2.05, 4.69) is 49.4 Å². The van der Waals surface area contributed by atoms with Gasteiger partial charge in [-0.15, -0.1) is 0 Å². The lowest BCUT2D eigenvalue weighted by atomic mass is 10.1. The van der Waals surface area contributed by atoms with Gasteiger partial charge in [0.25, 0.3) is 5.91 Å². The summed E-state index contributed by atoms with van der Waals surface area (Å²) in [4.78, 5) is 26.2. The molecular formula is C25H27N5O3. The minimum atomic E-state index is -0.764. The summed E-state index contributed by atoms with van der Waals surface area (Å²) in [5.41, 5.74) is 1.32. The maximum absolute atomic E-state index is 12.9. The Morgan fingerprint density at radius 3 is 2.42 bits per heavy atom. The van der Waals surface area contributed by atoms with E-state index in [9.17, 15) is 4.79 Å². The fourth-order valence-corrected chi connectivity index (χ4v) is 4.17. The number of fused-ring (bicyclic) bond motifs is 1. The van der Waals surface area contributed by atoms with Crippen LogP contribution in [0.4, 0.5) is 11.6 Å². The molecule has 0 aliphatic carbocycles. The molecule has 170 valence electrons. The minimum Gasteiger partial charge on any atom is -0.482 e. The molecule has 1 fully saturated rings. The molecule has 2 unspecified atom stereocenters. The highest BCUT2D eigenvalue weighted by Crippen LogP contribution is 2.33. The second-order valence-corrected chi connectivity index (χ2v) is 8.31. The number of amides is 1. The summed E-state index contributed by atoms with van der Waals surface area (Å²) in [6.45, 7) is 6.40. The lowest BCUT2D eigenvalue weighted by molar-refractivity contribution is -0.128. The summed E-state index contributed by atoms with van der Waals surface area (Å²) >= 11 is 0. The molecule has 1 aromatic heterocycles. The quantitative estimate of drug-likeness (QED) is 0.647. The first-order valence-electron chi connectivity index (χ1n) is 11.2. The fourth-order valence-electron chi connectivity index (χ4n) is 4.17. The summed E-state index contributed by atoms with van der Waals surface area (Å²) in [6, 6.07) is 19.7. The topological polar surface area (TPSA) is 79.8 Å². The Kier molecular flexibility index (Phi) is 6.08. The average Bonchev–Trinajstić information content (AvgIpc) is 2.85. The SMILES string of the molecule is CC1Oc2ccccc2OC1C(=O)Nc1cc(N2CCN(Cc3ccccc3)CC2)ncn1. The highest BCUT2D eigenvalue weighted by atomic mass is 16.6. The van der Waals surface area contributed by atoms with Crippen molar-refractivity contribution in [2.45, 2.75) is 25.7 Å². The molecule has 2 aliphatic rings. The molecule has 2 atom stereocenters. The van der Waals surface area contributed by atoms with Crippen LogP contribution in [0.5, 0.6) is 11.5 Å². The number of carbonyl (C=O) groups is 1. The molecule has 0 radical (unpaired) electrons.